The Kier molecular flexibility index (Phi) is 8.52. The van der Waals surface area contributed by atoms with Crippen LogP contribution < -0.4 is 10.3 Å². The average molecular weight is 592 g/mol. The third kappa shape index (κ3) is 5.59. The fraction of sp³-hybridized carbons (Fsp3) is 0.452. The molecule has 5 rings (SSSR count). The summed E-state index contributed by atoms with van der Waals surface area (Å²) in [7, 11) is 0. The molecule has 1 aliphatic heterocycles. The van der Waals surface area contributed by atoms with E-state index in [-0.39, 0.29) is 83.0 Å². The van der Waals surface area contributed by atoms with Crippen molar-refractivity contribution < 1.29 is 34.3 Å². The van der Waals surface area contributed by atoms with Gasteiger partial charge in [0.1, 0.15) is 18.0 Å². The molecule has 1 atom stereocenters. The van der Waals surface area contributed by atoms with Crippen LogP contribution in [0.25, 0.3) is 22.3 Å². The number of hydrogen-bond donors (Lipinski definition) is 2. The highest BCUT2D eigenvalue weighted by molar-refractivity contribution is 5.95. The second-order valence-corrected chi connectivity index (χ2v) is 11.1. The molecule has 0 spiro atoms. The van der Waals surface area contributed by atoms with Crippen LogP contribution in [0.3, 0.4) is 0 Å². The number of aromatic nitrogens is 2. The zero-order valence-corrected chi connectivity index (χ0v) is 23.9. The van der Waals surface area contributed by atoms with Crippen molar-refractivity contribution in [1.82, 2.24) is 9.55 Å². The number of pyridine rings is 2. The van der Waals surface area contributed by atoms with Gasteiger partial charge in [0.25, 0.3) is 11.2 Å². The normalized spacial score (nSPS) is 17.0. The number of benzene rings is 1. The molecule has 1 aliphatic carbocycles. The summed E-state index contributed by atoms with van der Waals surface area (Å²) in [6.45, 7) is 1.14. The Balaban J connectivity index is 1.38. The maximum atomic E-state index is 13.5. The highest BCUT2D eigenvalue weighted by Gasteiger charge is 2.43. The summed E-state index contributed by atoms with van der Waals surface area (Å²) in [4.78, 5) is 66.2. The van der Waals surface area contributed by atoms with E-state index in [1.54, 1.807) is 13.0 Å². The van der Waals surface area contributed by atoms with E-state index < -0.39 is 28.7 Å². The molecular formula is C31H33N3O9. The second-order valence-electron chi connectivity index (χ2n) is 11.1. The lowest BCUT2D eigenvalue weighted by Gasteiger charge is -2.32. The van der Waals surface area contributed by atoms with Crippen molar-refractivity contribution in [2.45, 2.75) is 83.3 Å². The summed E-state index contributed by atoms with van der Waals surface area (Å²) in [5.74, 6) is -0.885. The molecule has 0 saturated carbocycles. The number of esters is 1. The molecule has 2 aromatic heterocycles. The van der Waals surface area contributed by atoms with E-state index in [4.69, 9.17) is 9.84 Å². The summed E-state index contributed by atoms with van der Waals surface area (Å²) in [5.41, 5.74) is -0.845. The smallest absolute Gasteiger partial charge is 0.311 e. The third-order valence-electron chi connectivity index (χ3n) is 8.43. The Morgan fingerprint density at radius 1 is 1.07 bits per heavy atom. The van der Waals surface area contributed by atoms with E-state index in [9.17, 15) is 34.4 Å². The van der Waals surface area contributed by atoms with Crippen LogP contribution in [0.4, 0.5) is 5.69 Å². The lowest BCUT2D eigenvalue weighted by molar-refractivity contribution is -0.383. The number of hydrogen-bond acceptors (Lipinski definition) is 10. The zero-order chi connectivity index (χ0) is 30.9. The molecule has 12 heteroatoms. The van der Waals surface area contributed by atoms with Crippen molar-refractivity contribution in [2.75, 3.05) is 6.61 Å². The minimum atomic E-state index is -1.80. The third-order valence-corrected chi connectivity index (χ3v) is 8.43. The van der Waals surface area contributed by atoms with E-state index in [0.717, 1.165) is 19.3 Å². The molecule has 0 unspecified atom stereocenters. The Bertz CT molecular complexity index is 1710. The number of carbonyl (C=O) groups is 3. The van der Waals surface area contributed by atoms with Gasteiger partial charge >= 0.3 is 5.97 Å². The van der Waals surface area contributed by atoms with Crippen LogP contribution in [-0.4, -0.2) is 48.8 Å². The predicted octanol–water partition coefficient (Wildman–Crippen LogP) is 3.64. The van der Waals surface area contributed by atoms with Gasteiger partial charge in [0.2, 0.25) is 0 Å². The highest BCUT2D eigenvalue weighted by atomic mass is 16.6. The highest BCUT2D eigenvalue weighted by Crippen LogP contribution is 2.43. The van der Waals surface area contributed by atoms with Crippen LogP contribution >= 0.6 is 0 Å². The van der Waals surface area contributed by atoms with Crippen molar-refractivity contribution >= 4 is 34.1 Å². The van der Waals surface area contributed by atoms with Crippen LogP contribution in [0.5, 0.6) is 5.75 Å². The zero-order valence-electron chi connectivity index (χ0n) is 23.9. The Morgan fingerprint density at radius 2 is 1.79 bits per heavy atom. The van der Waals surface area contributed by atoms with Gasteiger partial charge in [-0.3, -0.25) is 29.3 Å². The lowest BCUT2D eigenvalue weighted by atomic mass is 9.77. The first-order valence-corrected chi connectivity index (χ1v) is 14.6. The van der Waals surface area contributed by atoms with Crippen LogP contribution in [0, 0.1) is 10.1 Å². The second kappa shape index (κ2) is 12.1. The van der Waals surface area contributed by atoms with Crippen molar-refractivity contribution in [3.05, 3.63) is 61.4 Å². The van der Waals surface area contributed by atoms with E-state index in [1.807, 2.05) is 0 Å². The van der Waals surface area contributed by atoms with Gasteiger partial charge in [-0.2, -0.15) is 0 Å². The van der Waals surface area contributed by atoms with Gasteiger partial charge in [-0.05, 0) is 49.9 Å². The predicted molar refractivity (Wildman–Crippen MR) is 155 cm³/mol. The molecule has 43 heavy (non-hydrogen) atoms. The van der Waals surface area contributed by atoms with Crippen molar-refractivity contribution in [1.29, 1.82) is 0 Å². The van der Waals surface area contributed by atoms with Gasteiger partial charge in [-0.1, -0.05) is 26.2 Å². The fourth-order valence-corrected chi connectivity index (χ4v) is 6.08. The molecule has 3 aromatic rings. The number of aliphatic hydroxyl groups excluding tert-OH is 1. The summed E-state index contributed by atoms with van der Waals surface area (Å²) < 4.78 is 6.87. The number of fused-ring (bicyclic) bond motifs is 5. The molecular weight excluding hydrogens is 558 g/mol. The first-order valence-electron chi connectivity index (χ1n) is 14.6. The van der Waals surface area contributed by atoms with Gasteiger partial charge in [-0.25, -0.2) is 4.98 Å². The van der Waals surface area contributed by atoms with Crippen LogP contribution in [0.15, 0.2) is 29.1 Å². The molecule has 2 N–H and O–H groups in total. The topological polar surface area (TPSA) is 179 Å². The SMILES string of the molecule is CC[C@@]1(O)C(=O)CCc2c1cc1n(c2=O)Cc2c-1nc1ccc(OC(=O)CCCCCCCC(=O)CO)cc1c2[N+](=O)[O-]. The van der Waals surface area contributed by atoms with Crippen LogP contribution in [0.2, 0.25) is 0 Å². The Morgan fingerprint density at radius 3 is 2.49 bits per heavy atom. The van der Waals surface area contributed by atoms with E-state index in [1.165, 1.54) is 22.8 Å². The largest absolute Gasteiger partial charge is 0.427 e. The molecule has 0 fully saturated rings. The van der Waals surface area contributed by atoms with Crippen molar-refractivity contribution in [2.24, 2.45) is 0 Å². The number of aliphatic hydroxyl groups is 2. The molecule has 12 nitrogen and oxygen atoms in total. The summed E-state index contributed by atoms with van der Waals surface area (Å²) in [6.07, 6.45) is 4.54. The van der Waals surface area contributed by atoms with Crippen molar-refractivity contribution in [3.63, 3.8) is 0 Å². The minimum absolute atomic E-state index is 0.0379. The van der Waals surface area contributed by atoms with Gasteiger partial charge in [0.15, 0.2) is 11.6 Å². The molecule has 0 radical (unpaired) electrons. The molecule has 0 bridgehead atoms. The fourth-order valence-electron chi connectivity index (χ4n) is 6.08. The minimum Gasteiger partial charge on any atom is -0.427 e. The quantitative estimate of drug-likeness (QED) is 0.0812. The maximum Gasteiger partial charge on any atom is 0.311 e. The number of nitrogens with zero attached hydrogens (tertiary/aromatic N) is 3. The molecule has 0 amide bonds. The first kappa shape index (κ1) is 30.2. The van der Waals surface area contributed by atoms with Gasteiger partial charge in [0.05, 0.1) is 39.3 Å². The lowest BCUT2D eigenvalue weighted by Crippen LogP contribution is -2.43. The number of ketones is 2. The Labute approximate surface area is 246 Å². The van der Waals surface area contributed by atoms with E-state index in [0.29, 0.717) is 30.5 Å². The molecule has 2 aliphatic rings. The number of ether oxygens (including phenoxy) is 1. The van der Waals surface area contributed by atoms with Crippen LogP contribution in [0.1, 0.15) is 81.4 Å². The number of unbranched alkanes of at least 4 members (excludes halogenated alkanes) is 4. The van der Waals surface area contributed by atoms with Gasteiger partial charge in [0, 0.05) is 30.4 Å². The summed E-state index contributed by atoms with van der Waals surface area (Å²) >= 11 is 0. The van der Waals surface area contributed by atoms with Crippen LogP contribution in [-0.2, 0) is 33.0 Å². The standard InChI is InChI=1S/C31H33N3O9/c1-2-31(40)23-15-25-28-22(16-33(25)30(39)20(23)11-13-26(31)37)29(34(41)42)21-14-19(10-12-24(21)32-28)43-27(38)9-7-5-3-4-6-8-18(36)17-35/h10,12,14-15,35,40H,2-9,11,13,16-17H2,1H3/t31-/m0/s1. The van der Waals surface area contributed by atoms with Gasteiger partial charge in [-0.15, -0.1) is 0 Å². The number of rotatable bonds is 12. The Hall–Kier alpha value is -4.29. The molecule has 1 aromatic carbocycles. The maximum absolute atomic E-state index is 13.5. The summed E-state index contributed by atoms with van der Waals surface area (Å²) in [6, 6.07) is 5.99. The first-order chi connectivity index (χ1) is 20.6. The van der Waals surface area contributed by atoms with Gasteiger partial charge < -0.3 is 19.5 Å². The molecule has 3 heterocycles. The van der Waals surface area contributed by atoms with E-state index in [2.05, 4.69) is 4.98 Å². The monoisotopic (exact) mass is 591 g/mol. The van der Waals surface area contributed by atoms with E-state index >= 15 is 0 Å². The number of carbonyl (C=O) groups excluding carboxylic acids is 3. The van der Waals surface area contributed by atoms with Crippen molar-refractivity contribution in [3.8, 4) is 17.1 Å². The summed E-state index contributed by atoms with van der Waals surface area (Å²) in [5, 5.41) is 32.4. The molecule has 226 valence electrons. The number of nitro groups is 1. The average Bonchev–Trinajstić information content (AvgIpc) is 3.35. The molecule has 0 saturated heterocycles. The number of Topliss-reactive ketones (excluding diaryl/α,β-unsaturated/α-hetero) is 2.